The van der Waals surface area contributed by atoms with Gasteiger partial charge in [-0.1, -0.05) is 127 Å². The molecule has 3 aliphatic rings. The van der Waals surface area contributed by atoms with Gasteiger partial charge in [-0.2, -0.15) is 0 Å². The first-order chi connectivity index (χ1) is 24.7. The molecular formula is C42H42O8. The molecule has 2 unspecified atom stereocenters. The average Bonchev–Trinajstić information content (AvgIpc) is 3.74. The molecule has 0 aromatic heterocycles. The SMILES string of the molecule is O=C1OC2C=CCC2/C1=C\O[C@H]1O[C@H](COCc2ccccc2)[C@@H](OCc2ccccc2)[C@H](OCc2ccccc2)[C@H]1OCc1ccccc1. The predicted molar refractivity (Wildman–Crippen MR) is 186 cm³/mol. The van der Waals surface area contributed by atoms with Crippen LogP contribution in [0.3, 0.4) is 0 Å². The van der Waals surface area contributed by atoms with Gasteiger partial charge in [0.1, 0.15) is 30.5 Å². The smallest absolute Gasteiger partial charge is 0.338 e. The van der Waals surface area contributed by atoms with Crippen molar-refractivity contribution in [3.05, 3.63) is 168 Å². The van der Waals surface area contributed by atoms with Gasteiger partial charge in [-0.25, -0.2) is 4.79 Å². The van der Waals surface area contributed by atoms with Gasteiger partial charge in [-0.05, 0) is 34.8 Å². The molecule has 7 atom stereocenters. The third-order valence-corrected chi connectivity index (χ3v) is 9.16. The average molecular weight is 675 g/mol. The molecule has 50 heavy (non-hydrogen) atoms. The molecule has 2 saturated heterocycles. The van der Waals surface area contributed by atoms with E-state index < -0.39 is 30.7 Å². The Morgan fingerprint density at radius 3 is 1.68 bits per heavy atom. The molecule has 0 radical (unpaired) electrons. The third-order valence-electron chi connectivity index (χ3n) is 9.16. The predicted octanol–water partition coefficient (Wildman–Crippen LogP) is 7.09. The van der Waals surface area contributed by atoms with E-state index in [1.54, 1.807) is 0 Å². The Balaban J connectivity index is 1.20. The van der Waals surface area contributed by atoms with E-state index in [2.05, 4.69) is 0 Å². The highest BCUT2D eigenvalue weighted by Gasteiger charge is 2.50. The van der Waals surface area contributed by atoms with E-state index in [-0.39, 0.29) is 31.2 Å². The number of benzene rings is 4. The van der Waals surface area contributed by atoms with Crippen molar-refractivity contribution in [3.8, 4) is 0 Å². The van der Waals surface area contributed by atoms with Gasteiger partial charge in [0, 0.05) is 5.92 Å². The van der Waals surface area contributed by atoms with Gasteiger partial charge in [-0.3, -0.25) is 0 Å². The van der Waals surface area contributed by atoms with Crippen LogP contribution in [0.15, 0.2) is 145 Å². The molecule has 7 rings (SSSR count). The van der Waals surface area contributed by atoms with E-state index in [1.165, 1.54) is 6.26 Å². The molecule has 4 aromatic rings. The Labute approximate surface area is 293 Å². The van der Waals surface area contributed by atoms with Gasteiger partial charge in [0.05, 0.1) is 44.9 Å². The Hall–Kier alpha value is -4.57. The van der Waals surface area contributed by atoms with Crippen LogP contribution in [0.2, 0.25) is 0 Å². The summed E-state index contributed by atoms with van der Waals surface area (Å²) < 4.78 is 45.1. The minimum absolute atomic E-state index is 0.0909. The molecule has 2 aliphatic heterocycles. The summed E-state index contributed by atoms with van der Waals surface area (Å²) in [4.78, 5) is 12.8. The molecule has 0 amide bonds. The first-order valence-electron chi connectivity index (χ1n) is 17.2. The number of fused-ring (bicyclic) bond motifs is 1. The van der Waals surface area contributed by atoms with Crippen molar-refractivity contribution in [2.75, 3.05) is 6.61 Å². The quantitative estimate of drug-likeness (QED) is 0.0573. The first kappa shape index (κ1) is 33.9. The van der Waals surface area contributed by atoms with Crippen molar-refractivity contribution in [3.63, 3.8) is 0 Å². The number of allylic oxidation sites excluding steroid dienone is 1. The summed E-state index contributed by atoms with van der Waals surface area (Å²) in [6.07, 6.45) is 2.36. The summed E-state index contributed by atoms with van der Waals surface area (Å²) in [6, 6.07) is 39.9. The fourth-order valence-electron chi connectivity index (χ4n) is 6.53. The molecule has 2 heterocycles. The van der Waals surface area contributed by atoms with Gasteiger partial charge in [0.15, 0.2) is 0 Å². The molecule has 0 bridgehead atoms. The van der Waals surface area contributed by atoms with Crippen LogP contribution in [-0.2, 0) is 64.4 Å². The summed E-state index contributed by atoms with van der Waals surface area (Å²) in [5.74, 6) is -0.475. The molecule has 8 nitrogen and oxygen atoms in total. The van der Waals surface area contributed by atoms with Crippen LogP contribution in [0, 0.1) is 5.92 Å². The number of hydrogen-bond donors (Lipinski definition) is 0. The van der Waals surface area contributed by atoms with Gasteiger partial charge in [0.2, 0.25) is 6.29 Å². The number of carbonyl (C=O) groups is 1. The summed E-state index contributed by atoms with van der Waals surface area (Å²) in [5.41, 5.74) is 4.53. The zero-order valence-electron chi connectivity index (χ0n) is 27.8. The molecule has 1 aliphatic carbocycles. The number of hydrogen-bond acceptors (Lipinski definition) is 8. The Kier molecular flexibility index (Phi) is 11.5. The maximum atomic E-state index is 12.8. The summed E-state index contributed by atoms with van der Waals surface area (Å²) in [7, 11) is 0. The monoisotopic (exact) mass is 674 g/mol. The van der Waals surface area contributed by atoms with Crippen molar-refractivity contribution >= 4 is 5.97 Å². The van der Waals surface area contributed by atoms with Crippen molar-refractivity contribution < 1.29 is 38.0 Å². The second-order valence-corrected chi connectivity index (χ2v) is 12.7. The second-order valence-electron chi connectivity index (χ2n) is 12.7. The topological polar surface area (TPSA) is 81.7 Å². The van der Waals surface area contributed by atoms with Crippen molar-refractivity contribution in [1.82, 2.24) is 0 Å². The van der Waals surface area contributed by atoms with Crippen LogP contribution in [0.25, 0.3) is 0 Å². The highest BCUT2D eigenvalue weighted by atomic mass is 16.7. The van der Waals surface area contributed by atoms with Gasteiger partial charge < -0.3 is 33.2 Å². The third kappa shape index (κ3) is 8.59. The maximum absolute atomic E-state index is 12.8. The maximum Gasteiger partial charge on any atom is 0.338 e. The molecule has 258 valence electrons. The highest BCUT2D eigenvalue weighted by molar-refractivity contribution is 5.91. The zero-order valence-corrected chi connectivity index (χ0v) is 27.8. The van der Waals surface area contributed by atoms with Crippen molar-refractivity contribution in [2.24, 2.45) is 5.92 Å². The Bertz CT molecular complexity index is 1700. The van der Waals surface area contributed by atoms with Crippen molar-refractivity contribution in [2.45, 2.75) is 69.7 Å². The second kappa shape index (κ2) is 16.9. The van der Waals surface area contributed by atoms with Crippen molar-refractivity contribution in [1.29, 1.82) is 0 Å². The Morgan fingerprint density at radius 1 is 0.620 bits per heavy atom. The van der Waals surface area contributed by atoms with Crippen LogP contribution < -0.4 is 0 Å². The lowest BCUT2D eigenvalue weighted by atomic mass is 9.97. The highest BCUT2D eigenvalue weighted by Crippen LogP contribution is 2.37. The van der Waals surface area contributed by atoms with E-state index in [0.717, 1.165) is 22.3 Å². The number of carbonyl (C=O) groups excluding carboxylic acids is 1. The van der Waals surface area contributed by atoms with E-state index in [4.69, 9.17) is 33.2 Å². The summed E-state index contributed by atoms with van der Waals surface area (Å²) in [6.45, 7) is 1.53. The van der Waals surface area contributed by atoms with E-state index in [9.17, 15) is 4.79 Å². The van der Waals surface area contributed by atoms with Crippen LogP contribution in [-0.4, -0.2) is 49.4 Å². The lowest BCUT2D eigenvalue weighted by molar-refractivity contribution is -0.318. The minimum Gasteiger partial charge on any atom is -0.469 e. The normalized spacial score (nSPS) is 26.5. The number of esters is 1. The minimum atomic E-state index is -0.949. The summed E-state index contributed by atoms with van der Waals surface area (Å²) >= 11 is 0. The summed E-state index contributed by atoms with van der Waals surface area (Å²) in [5, 5.41) is 0. The molecule has 0 N–H and O–H groups in total. The van der Waals surface area contributed by atoms with Gasteiger partial charge >= 0.3 is 5.97 Å². The van der Waals surface area contributed by atoms with E-state index >= 15 is 0 Å². The van der Waals surface area contributed by atoms with Crippen LogP contribution in [0.4, 0.5) is 0 Å². The lowest BCUT2D eigenvalue weighted by Gasteiger charge is -2.45. The molecular weight excluding hydrogens is 632 g/mol. The van der Waals surface area contributed by atoms with Crippen LogP contribution >= 0.6 is 0 Å². The standard InChI is InChI=1S/C42H42O8/c43-41-35(34-22-13-23-36(34)49-41)28-48-42-40(47-27-33-20-11-4-12-21-33)39(46-26-32-18-9-3-10-19-32)38(45-25-31-16-7-2-8-17-31)37(50-42)29-44-24-30-14-5-1-6-15-30/h1-21,23,28,34,36-40,42H,22,24-27,29H2/b35-28+/t34?,36?,37-,38-,39+,40-,42+/m1/s1. The number of ether oxygens (including phenoxy) is 7. The Morgan fingerprint density at radius 2 is 1.12 bits per heavy atom. The molecule has 8 heteroatoms. The molecule has 0 saturated carbocycles. The van der Waals surface area contributed by atoms with E-state index in [1.807, 2.05) is 133 Å². The van der Waals surface area contributed by atoms with Gasteiger partial charge in [-0.15, -0.1) is 0 Å². The lowest BCUT2D eigenvalue weighted by Crippen LogP contribution is -2.61. The molecule has 2 fully saturated rings. The molecule has 0 spiro atoms. The largest absolute Gasteiger partial charge is 0.469 e. The molecule has 4 aromatic carbocycles. The first-order valence-corrected chi connectivity index (χ1v) is 17.2. The van der Waals surface area contributed by atoms with Gasteiger partial charge in [0.25, 0.3) is 0 Å². The fourth-order valence-corrected chi connectivity index (χ4v) is 6.53. The van der Waals surface area contributed by atoms with Crippen LogP contribution in [0.1, 0.15) is 28.7 Å². The zero-order chi connectivity index (χ0) is 34.0. The fraction of sp³-hybridized carbons (Fsp3) is 0.310. The van der Waals surface area contributed by atoms with Crippen LogP contribution in [0.5, 0.6) is 0 Å². The number of rotatable bonds is 15. The van der Waals surface area contributed by atoms with E-state index in [0.29, 0.717) is 31.8 Å².